The maximum atomic E-state index is 12.6. The van der Waals surface area contributed by atoms with Gasteiger partial charge in [-0.15, -0.1) is 11.3 Å². The van der Waals surface area contributed by atoms with Crippen LogP contribution in [0.5, 0.6) is 0 Å². The molecule has 1 saturated carbocycles. The van der Waals surface area contributed by atoms with E-state index < -0.39 is 0 Å². The first-order chi connectivity index (χ1) is 12.8. The van der Waals surface area contributed by atoms with Gasteiger partial charge in [-0.2, -0.15) is 0 Å². The van der Waals surface area contributed by atoms with Crippen molar-refractivity contribution >= 4 is 17.2 Å². The summed E-state index contributed by atoms with van der Waals surface area (Å²) in [6.07, 6.45) is 7.19. The molecule has 26 heavy (non-hydrogen) atoms. The third kappa shape index (κ3) is 2.84. The van der Waals surface area contributed by atoms with Crippen molar-refractivity contribution in [3.8, 4) is 10.4 Å². The van der Waals surface area contributed by atoms with Crippen LogP contribution < -0.4 is 5.32 Å². The molecule has 3 heterocycles. The summed E-state index contributed by atoms with van der Waals surface area (Å²) in [4.78, 5) is 18.6. The molecular weight excluding hydrogens is 340 g/mol. The number of aromatic nitrogens is 1. The first-order valence-electron chi connectivity index (χ1n) is 9.22. The first kappa shape index (κ1) is 15.8. The highest BCUT2D eigenvalue weighted by atomic mass is 32.1. The number of fused-ring (bicyclic) bond motifs is 1. The lowest BCUT2D eigenvalue weighted by atomic mass is 9.88. The van der Waals surface area contributed by atoms with Crippen molar-refractivity contribution in [3.63, 3.8) is 0 Å². The SMILES string of the molecule is O=C1NCCC(c2ccc(C3CC3)cc2)c2cc(-c3ccncc3)sc21. The Hall–Kier alpha value is -2.46. The number of nitrogens with zero attached hydrogens (tertiary/aromatic N) is 1. The van der Waals surface area contributed by atoms with E-state index in [1.54, 1.807) is 23.7 Å². The van der Waals surface area contributed by atoms with Crippen LogP contribution in [0.25, 0.3) is 10.4 Å². The Bertz CT molecular complexity index is 942. The highest BCUT2D eigenvalue weighted by molar-refractivity contribution is 7.17. The normalized spacial score (nSPS) is 19.5. The van der Waals surface area contributed by atoms with Crippen LogP contribution in [-0.2, 0) is 0 Å². The van der Waals surface area contributed by atoms with Crippen molar-refractivity contribution < 1.29 is 4.79 Å². The summed E-state index contributed by atoms with van der Waals surface area (Å²) >= 11 is 1.59. The van der Waals surface area contributed by atoms with Crippen molar-refractivity contribution in [3.05, 3.63) is 76.4 Å². The van der Waals surface area contributed by atoms with Gasteiger partial charge in [0.15, 0.2) is 0 Å². The molecule has 1 aliphatic carbocycles. The van der Waals surface area contributed by atoms with E-state index in [1.807, 2.05) is 12.1 Å². The molecule has 2 aliphatic rings. The molecule has 0 saturated heterocycles. The molecule has 130 valence electrons. The molecular formula is C22H20N2OS. The average molecular weight is 360 g/mol. The second-order valence-electron chi connectivity index (χ2n) is 7.17. The lowest BCUT2D eigenvalue weighted by Gasteiger charge is -2.15. The molecule has 1 N–H and O–H groups in total. The number of hydrogen-bond acceptors (Lipinski definition) is 3. The molecule has 1 atom stereocenters. The fourth-order valence-electron chi connectivity index (χ4n) is 3.83. The standard InChI is InChI=1S/C22H20N2OS/c25-22-21-19(13-20(26-21)17-7-10-23-11-8-17)18(9-12-24-22)16-5-3-15(4-6-16)14-1-2-14/h3-8,10-11,13-14,18H,1-2,9,12H2,(H,24,25). The van der Waals surface area contributed by atoms with Gasteiger partial charge in [0, 0.05) is 29.7 Å². The zero-order valence-corrected chi connectivity index (χ0v) is 15.3. The van der Waals surface area contributed by atoms with Crippen LogP contribution >= 0.6 is 11.3 Å². The van der Waals surface area contributed by atoms with Crippen LogP contribution in [0.2, 0.25) is 0 Å². The zero-order valence-electron chi connectivity index (χ0n) is 14.4. The molecule has 1 aliphatic heterocycles. The molecule has 2 aromatic heterocycles. The predicted molar refractivity (Wildman–Crippen MR) is 105 cm³/mol. The minimum Gasteiger partial charge on any atom is -0.351 e. The Morgan fingerprint density at radius 1 is 0.962 bits per heavy atom. The van der Waals surface area contributed by atoms with Crippen molar-refractivity contribution in [1.82, 2.24) is 10.3 Å². The number of rotatable bonds is 3. The number of amides is 1. The monoisotopic (exact) mass is 360 g/mol. The Morgan fingerprint density at radius 2 is 1.69 bits per heavy atom. The fraction of sp³-hybridized carbons (Fsp3) is 0.273. The number of benzene rings is 1. The number of thiophene rings is 1. The van der Waals surface area contributed by atoms with Crippen molar-refractivity contribution in [2.24, 2.45) is 0 Å². The summed E-state index contributed by atoms with van der Waals surface area (Å²) in [7, 11) is 0. The lowest BCUT2D eigenvalue weighted by Crippen LogP contribution is -2.21. The van der Waals surface area contributed by atoms with Crippen LogP contribution in [0.1, 0.15) is 57.5 Å². The van der Waals surface area contributed by atoms with E-state index in [4.69, 9.17) is 0 Å². The van der Waals surface area contributed by atoms with Crippen LogP contribution in [0.15, 0.2) is 54.9 Å². The predicted octanol–water partition coefficient (Wildman–Crippen LogP) is 4.95. The van der Waals surface area contributed by atoms with Gasteiger partial charge in [0.2, 0.25) is 0 Å². The van der Waals surface area contributed by atoms with Crippen LogP contribution in [0.4, 0.5) is 0 Å². The fourth-order valence-corrected chi connectivity index (χ4v) is 4.97. The minimum absolute atomic E-state index is 0.0578. The third-order valence-electron chi connectivity index (χ3n) is 5.41. The van der Waals surface area contributed by atoms with Crippen LogP contribution in [-0.4, -0.2) is 17.4 Å². The second-order valence-corrected chi connectivity index (χ2v) is 8.22. The van der Waals surface area contributed by atoms with Crippen molar-refractivity contribution in [2.45, 2.75) is 31.1 Å². The summed E-state index contributed by atoms with van der Waals surface area (Å²) in [5, 5.41) is 3.06. The number of carbonyl (C=O) groups is 1. The summed E-state index contributed by atoms with van der Waals surface area (Å²) in [5.41, 5.74) is 5.05. The molecule has 0 bridgehead atoms. The van der Waals surface area contributed by atoms with Crippen molar-refractivity contribution in [2.75, 3.05) is 6.54 Å². The number of nitrogens with one attached hydrogen (secondary N) is 1. The maximum Gasteiger partial charge on any atom is 0.261 e. The van der Waals surface area contributed by atoms with Crippen LogP contribution in [0, 0.1) is 0 Å². The minimum atomic E-state index is 0.0578. The maximum absolute atomic E-state index is 12.6. The second kappa shape index (κ2) is 6.36. The van der Waals surface area contributed by atoms with E-state index in [9.17, 15) is 4.79 Å². The molecule has 0 radical (unpaired) electrons. The number of hydrogen-bond donors (Lipinski definition) is 1. The quantitative estimate of drug-likeness (QED) is 0.718. The van der Waals surface area contributed by atoms with E-state index in [1.165, 1.54) is 24.0 Å². The summed E-state index contributed by atoms with van der Waals surface area (Å²) < 4.78 is 0. The van der Waals surface area contributed by atoms with E-state index in [0.717, 1.165) is 39.8 Å². The third-order valence-corrected chi connectivity index (χ3v) is 6.61. The number of carbonyl (C=O) groups excluding carboxylic acids is 1. The van der Waals surface area contributed by atoms with Gasteiger partial charge >= 0.3 is 0 Å². The van der Waals surface area contributed by atoms with Gasteiger partial charge in [0.05, 0.1) is 4.88 Å². The zero-order chi connectivity index (χ0) is 17.5. The van der Waals surface area contributed by atoms with Gasteiger partial charge in [-0.3, -0.25) is 9.78 Å². The largest absolute Gasteiger partial charge is 0.351 e. The summed E-state index contributed by atoms with van der Waals surface area (Å²) in [6.45, 7) is 0.722. The van der Waals surface area contributed by atoms with Gasteiger partial charge in [-0.25, -0.2) is 0 Å². The van der Waals surface area contributed by atoms with E-state index in [0.29, 0.717) is 0 Å². The molecule has 3 aromatic rings. The molecule has 5 rings (SSSR count). The van der Waals surface area contributed by atoms with Crippen molar-refractivity contribution in [1.29, 1.82) is 0 Å². The van der Waals surface area contributed by atoms with E-state index in [-0.39, 0.29) is 11.8 Å². The first-order valence-corrected chi connectivity index (χ1v) is 10.0. The molecule has 1 amide bonds. The topological polar surface area (TPSA) is 42.0 Å². The Balaban J connectivity index is 1.56. The molecule has 1 aromatic carbocycles. The van der Waals surface area contributed by atoms with E-state index >= 15 is 0 Å². The average Bonchev–Trinajstić information content (AvgIpc) is 3.46. The summed E-state index contributed by atoms with van der Waals surface area (Å²) in [5.74, 6) is 1.10. The lowest BCUT2D eigenvalue weighted by molar-refractivity contribution is 0.0960. The van der Waals surface area contributed by atoms with Gasteiger partial charge in [-0.1, -0.05) is 24.3 Å². The highest BCUT2D eigenvalue weighted by Gasteiger charge is 2.28. The summed E-state index contributed by atoms with van der Waals surface area (Å²) in [6, 6.07) is 15.3. The van der Waals surface area contributed by atoms with Gasteiger partial charge in [-0.05, 0) is 65.6 Å². The molecule has 1 unspecified atom stereocenters. The van der Waals surface area contributed by atoms with E-state index in [2.05, 4.69) is 40.6 Å². The van der Waals surface area contributed by atoms with Gasteiger partial charge < -0.3 is 5.32 Å². The highest BCUT2D eigenvalue weighted by Crippen LogP contribution is 2.43. The van der Waals surface area contributed by atoms with Gasteiger partial charge in [0.25, 0.3) is 5.91 Å². The molecule has 3 nitrogen and oxygen atoms in total. The Morgan fingerprint density at radius 3 is 2.42 bits per heavy atom. The molecule has 0 spiro atoms. The van der Waals surface area contributed by atoms with Crippen LogP contribution in [0.3, 0.4) is 0 Å². The number of pyridine rings is 1. The molecule has 4 heteroatoms. The smallest absolute Gasteiger partial charge is 0.261 e. The molecule has 1 fully saturated rings. The Kier molecular flexibility index (Phi) is 3.86. The Labute approximate surface area is 157 Å². The van der Waals surface area contributed by atoms with Gasteiger partial charge in [0.1, 0.15) is 0 Å².